The van der Waals surface area contributed by atoms with Gasteiger partial charge in [-0.3, -0.25) is 0 Å². The van der Waals surface area contributed by atoms with E-state index in [1.807, 2.05) is 44.2 Å². The van der Waals surface area contributed by atoms with E-state index < -0.39 is 18.0 Å². The van der Waals surface area contributed by atoms with Crippen molar-refractivity contribution in [1.29, 1.82) is 0 Å². The Morgan fingerprint density at radius 3 is 2.38 bits per heavy atom. The van der Waals surface area contributed by atoms with Crippen LogP contribution in [0.5, 0.6) is 11.5 Å². The van der Waals surface area contributed by atoms with E-state index in [1.165, 1.54) is 7.11 Å². The van der Waals surface area contributed by atoms with Crippen molar-refractivity contribution in [3.8, 4) is 11.5 Å². The Kier molecular flexibility index (Phi) is 6.07. The Hall–Kier alpha value is -3.48. The number of urea groups is 1. The molecule has 0 radical (unpaired) electrons. The highest BCUT2D eigenvalue weighted by Crippen LogP contribution is 2.36. The van der Waals surface area contributed by atoms with E-state index in [2.05, 4.69) is 10.6 Å². The maximum absolute atomic E-state index is 12.7. The molecule has 29 heavy (non-hydrogen) atoms. The van der Waals surface area contributed by atoms with Crippen molar-refractivity contribution >= 4 is 17.7 Å². The Morgan fingerprint density at radius 2 is 1.76 bits per heavy atom. The molecule has 0 aromatic heterocycles. The molecule has 1 aliphatic heterocycles. The molecule has 1 atom stereocenters. The molecule has 0 saturated carbocycles. The zero-order chi connectivity index (χ0) is 21.0. The average Bonchev–Trinajstić information content (AvgIpc) is 2.73. The molecule has 1 unspecified atom stereocenters. The van der Waals surface area contributed by atoms with Gasteiger partial charge < -0.3 is 24.8 Å². The summed E-state index contributed by atoms with van der Waals surface area (Å²) in [6.45, 7) is 3.84. The summed E-state index contributed by atoms with van der Waals surface area (Å²) in [4.78, 5) is 25.1. The van der Waals surface area contributed by atoms with Gasteiger partial charge in [-0.25, -0.2) is 9.59 Å². The smallest absolute Gasteiger partial charge is 0.338 e. The molecule has 7 nitrogen and oxygen atoms in total. The Labute approximate surface area is 169 Å². The van der Waals surface area contributed by atoms with Gasteiger partial charge in [0.15, 0.2) is 11.5 Å². The number of ether oxygens (including phenoxy) is 3. The molecule has 0 aliphatic carbocycles. The minimum atomic E-state index is -0.714. The van der Waals surface area contributed by atoms with E-state index in [0.29, 0.717) is 33.9 Å². The lowest BCUT2D eigenvalue weighted by Gasteiger charge is -2.29. The van der Waals surface area contributed by atoms with Gasteiger partial charge in [-0.05, 0) is 37.1 Å². The summed E-state index contributed by atoms with van der Waals surface area (Å²) in [5, 5.41) is 5.54. The minimum absolute atomic E-state index is 0.0245. The van der Waals surface area contributed by atoms with E-state index in [-0.39, 0.29) is 6.10 Å². The number of benzene rings is 2. The molecule has 3 rings (SSSR count). The molecule has 1 heterocycles. The van der Waals surface area contributed by atoms with Crippen LogP contribution in [0.4, 0.5) is 4.79 Å². The van der Waals surface area contributed by atoms with Crippen LogP contribution in [-0.4, -0.2) is 32.3 Å². The first kappa shape index (κ1) is 20.3. The lowest BCUT2D eigenvalue weighted by Crippen LogP contribution is -2.45. The van der Waals surface area contributed by atoms with Gasteiger partial charge in [-0.2, -0.15) is 0 Å². The first-order chi connectivity index (χ1) is 13.9. The molecule has 7 heteroatoms. The highest BCUT2D eigenvalue weighted by molar-refractivity contribution is 6.04. The molecule has 1 aliphatic rings. The lowest BCUT2D eigenvalue weighted by molar-refractivity contribution is -0.136. The van der Waals surface area contributed by atoms with E-state index in [4.69, 9.17) is 14.2 Å². The van der Waals surface area contributed by atoms with E-state index >= 15 is 0 Å². The SMILES string of the molecule is COC(=O)C1=C(c2ccccc2)NC(=O)NC1c1ccc(OC(C)C)c(OC)c1. The summed E-state index contributed by atoms with van der Waals surface area (Å²) in [5.41, 5.74) is 2.09. The molecule has 2 aromatic rings. The number of hydrogen-bond acceptors (Lipinski definition) is 5. The second-order valence-electron chi connectivity index (χ2n) is 6.75. The maximum atomic E-state index is 12.7. The van der Waals surface area contributed by atoms with Gasteiger partial charge in [0, 0.05) is 0 Å². The highest BCUT2D eigenvalue weighted by atomic mass is 16.5. The normalized spacial score (nSPS) is 16.2. The number of methoxy groups -OCH3 is 2. The number of esters is 1. The third-order valence-electron chi connectivity index (χ3n) is 4.42. The van der Waals surface area contributed by atoms with Gasteiger partial charge in [0.1, 0.15) is 0 Å². The number of carbonyl (C=O) groups is 2. The Bertz CT molecular complexity index is 937. The van der Waals surface area contributed by atoms with Crippen molar-refractivity contribution in [3.63, 3.8) is 0 Å². The summed E-state index contributed by atoms with van der Waals surface area (Å²) >= 11 is 0. The Morgan fingerprint density at radius 1 is 1.03 bits per heavy atom. The summed E-state index contributed by atoms with van der Waals surface area (Å²) in [6, 6.07) is 13.4. The van der Waals surface area contributed by atoms with Gasteiger partial charge in [-0.1, -0.05) is 36.4 Å². The summed E-state index contributed by atoms with van der Waals surface area (Å²) in [6.07, 6.45) is -0.0245. The van der Waals surface area contributed by atoms with E-state index in [1.54, 1.807) is 25.3 Å². The number of hydrogen-bond donors (Lipinski definition) is 2. The van der Waals surface area contributed by atoms with Crippen LogP contribution in [0.1, 0.15) is 31.0 Å². The third kappa shape index (κ3) is 4.34. The predicted molar refractivity (Wildman–Crippen MR) is 109 cm³/mol. The van der Waals surface area contributed by atoms with Crippen LogP contribution in [0.25, 0.3) is 5.70 Å². The summed E-state index contributed by atoms with van der Waals surface area (Å²) in [7, 11) is 2.85. The quantitative estimate of drug-likeness (QED) is 0.731. The van der Waals surface area contributed by atoms with E-state index in [9.17, 15) is 9.59 Å². The number of amides is 2. The molecule has 152 valence electrons. The molecule has 0 spiro atoms. The fourth-order valence-corrected chi connectivity index (χ4v) is 3.19. The largest absolute Gasteiger partial charge is 0.493 e. The van der Waals surface area contributed by atoms with Crippen molar-refractivity contribution in [2.45, 2.75) is 26.0 Å². The first-order valence-electron chi connectivity index (χ1n) is 9.24. The average molecular weight is 396 g/mol. The molecular formula is C22H24N2O5. The van der Waals surface area contributed by atoms with Crippen LogP contribution in [-0.2, 0) is 9.53 Å². The molecule has 2 aromatic carbocycles. The topological polar surface area (TPSA) is 85.9 Å². The van der Waals surface area contributed by atoms with Crippen molar-refractivity contribution < 1.29 is 23.8 Å². The fourth-order valence-electron chi connectivity index (χ4n) is 3.19. The van der Waals surface area contributed by atoms with Crippen molar-refractivity contribution in [2.24, 2.45) is 0 Å². The van der Waals surface area contributed by atoms with Crippen molar-refractivity contribution in [3.05, 3.63) is 65.2 Å². The van der Waals surface area contributed by atoms with Crippen LogP contribution in [0.2, 0.25) is 0 Å². The molecule has 0 bridgehead atoms. The second kappa shape index (κ2) is 8.68. The summed E-state index contributed by atoms with van der Waals surface area (Å²) in [5.74, 6) is 0.552. The van der Waals surface area contributed by atoms with Gasteiger partial charge in [-0.15, -0.1) is 0 Å². The number of nitrogens with one attached hydrogen (secondary N) is 2. The molecular weight excluding hydrogens is 372 g/mol. The molecule has 0 fully saturated rings. The van der Waals surface area contributed by atoms with E-state index in [0.717, 1.165) is 0 Å². The number of carbonyl (C=O) groups excluding carboxylic acids is 2. The molecule has 2 amide bonds. The minimum Gasteiger partial charge on any atom is -0.493 e. The van der Waals surface area contributed by atoms with Crippen LogP contribution in [0.15, 0.2) is 54.1 Å². The number of rotatable bonds is 6. The second-order valence-corrected chi connectivity index (χ2v) is 6.75. The monoisotopic (exact) mass is 396 g/mol. The van der Waals surface area contributed by atoms with Crippen molar-refractivity contribution in [2.75, 3.05) is 14.2 Å². The van der Waals surface area contributed by atoms with Gasteiger partial charge in [0.25, 0.3) is 0 Å². The predicted octanol–water partition coefficient (Wildman–Crippen LogP) is 3.42. The van der Waals surface area contributed by atoms with Crippen LogP contribution >= 0.6 is 0 Å². The molecule has 2 N–H and O–H groups in total. The third-order valence-corrected chi connectivity index (χ3v) is 4.42. The van der Waals surface area contributed by atoms with Crippen molar-refractivity contribution in [1.82, 2.24) is 10.6 Å². The standard InChI is InChI=1S/C22H24N2O5/c1-13(2)29-16-11-10-15(12-17(16)27-3)20-18(21(25)28-4)19(23-22(26)24-20)14-8-6-5-7-9-14/h5-13,20H,1-4H3,(H2,23,24,26). The fraction of sp³-hybridized carbons (Fsp3) is 0.273. The zero-order valence-corrected chi connectivity index (χ0v) is 16.8. The van der Waals surface area contributed by atoms with Gasteiger partial charge >= 0.3 is 12.0 Å². The highest BCUT2D eigenvalue weighted by Gasteiger charge is 2.34. The molecule has 0 saturated heterocycles. The Balaban J connectivity index is 2.13. The van der Waals surface area contributed by atoms with Crippen LogP contribution < -0.4 is 20.1 Å². The van der Waals surface area contributed by atoms with Crippen LogP contribution in [0.3, 0.4) is 0 Å². The summed E-state index contributed by atoms with van der Waals surface area (Å²) < 4.78 is 16.2. The lowest BCUT2D eigenvalue weighted by atomic mass is 9.92. The van der Waals surface area contributed by atoms with Gasteiger partial charge in [0.2, 0.25) is 0 Å². The van der Waals surface area contributed by atoms with Gasteiger partial charge in [0.05, 0.1) is 37.6 Å². The maximum Gasteiger partial charge on any atom is 0.338 e. The zero-order valence-electron chi connectivity index (χ0n) is 16.8. The first-order valence-corrected chi connectivity index (χ1v) is 9.24. The van der Waals surface area contributed by atoms with Crippen LogP contribution in [0, 0.1) is 0 Å².